The molecule has 1 N–H and O–H groups in total. The second-order valence-corrected chi connectivity index (χ2v) is 11.0. The lowest BCUT2D eigenvalue weighted by Gasteiger charge is -2.23. The van der Waals surface area contributed by atoms with Gasteiger partial charge in [0.15, 0.2) is 15.8 Å². The van der Waals surface area contributed by atoms with Crippen LogP contribution in [0.25, 0.3) is 5.76 Å². The first-order valence-corrected chi connectivity index (χ1v) is 13.9. The van der Waals surface area contributed by atoms with Gasteiger partial charge >= 0.3 is 5.91 Å². The minimum Gasteiger partial charge on any atom is -0.507 e. The highest BCUT2D eigenvalue weighted by Crippen LogP contribution is 2.45. The number of ketones is 1. The van der Waals surface area contributed by atoms with E-state index in [1.807, 2.05) is 0 Å². The number of fused-ring (bicyclic) bond motifs is 1. The number of hydrogen-bond acceptors (Lipinski definition) is 9. The Morgan fingerprint density at radius 2 is 1.75 bits per heavy atom. The van der Waals surface area contributed by atoms with Gasteiger partial charge in [-0.25, -0.2) is 8.78 Å². The van der Waals surface area contributed by atoms with Crippen molar-refractivity contribution in [3.63, 3.8) is 0 Å². The summed E-state index contributed by atoms with van der Waals surface area (Å²) in [6, 6.07) is 15.1. The van der Waals surface area contributed by atoms with Gasteiger partial charge in [0.05, 0.1) is 5.57 Å². The van der Waals surface area contributed by atoms with Crippen LogP contribution in [0.3, 0.4) is 0 Å². The van der Waals surface area contributed by atoms with Crippen LogP contribution < -0.4 is 14.4 Å². The molecular weight excluding hydrogens is 560 g/mol. The molecule has 202 valence electrons. The van der Waals surface area contributed by atoms with E-state index in [-0.39, 0.29) is 27.6 Å². The Bertz CT molecular complexity index is 1660. The highest BCUT2D eigenvalue weighted by atomic mass is 32.2. The molecule has 1 amide bonds. The molecule has 0 radical (unpaired) electrons. The molecule has 0 bridgehead atoms. The van der Waals surface area contributed by atoms with E-state index in [1.54, 1.807) is 24.3 Å². The molecule has 1 fully saturated rings. The molecule has 12 heteroatoms. The fourth-order valence-electron chi connectivity index (χ4n) is 4.45. The average molecular weight is 580 g/mol. The van der Waals surface area contributed by atoms with Gasteiger partial charge in [-0.3, -0.25) is 14.5 Å². The van der Waals surface area contributed by atoms with Gasteiger partial charge in [0, 0.05) is 16.9 Å². The molecule has 3 aromatic carbocycles. The summed E-state index contributed by atoms with van der Waals surface area (Å²) in [4.78, 5) is 27.8. The van der Waals surface area contributed by atoms with Gasteiger partial charge in [-0.05, 0) is 42.0 Å². The number of aliphatic hydroxyl groups is 1. The summed E-state index contributed by atoms with van der Waals surface area (Å²) in [6.07, 6.45) is 0. The number of nitrogens with zero attached hydrogens (tertiary/aromatic N) is 3. The molecule has 0 saturated carbocycles. The predicted molar refractivity (Wildman–Crippen MR) is 144 cm³/mol. The molecule has 3 heterocycles. The van der Waals surface area contributed by atoms with E-state index in [9.17, 15) is 19.1 Å². The van der Waals surface area contributed by atoms with E-state index in [4.69, 9.17) is 9.47 Å². The van der Waals surface area contributed by atoms with E-state index >= 15 is 4.39 Å². The van der Waals surface area contributed by atoms with Crippen LogP contribution in [0, 0.1) is 11.6 Å². The summed E-state index contributed by atoms with van der Waals surface area (Å²) < 4.78 is 40.0. The standard InChI is InChI=1S/C28H19F2N3O5S2/c29-17-8-5-15(6-9-17)14-39-28-32-31-27(40-28)33-23(18-3-1-2-4-19(18)30)22(25(35)26(33)36)24(34)16-7-10-20-21(13-16)38-12-11-37-20/h1-10,13,23,34H,11-12,14H2/t23-/m0/s1. The van der Waals surface area contributed by atoms with Crippen LogP contribution in [0.5, 0.6) is 11.5 Å². The third-order valence-corrected chi connectivity index (χ3v) is 8.46. The number of Topliss-reactive ketones (excluding diaryl/α,β-unsaturated/α-hetero) is 1. The zero-order valence-corrected chi connectivity index (χ0v) is 22.2. The first kappa shape index (κ1) is 26.0. The molecule has 8 nitrogen and oxygen atoms in total. The molecule has 1 atom stereocenters. The van der Waals surface area contributed by atoms with E-state index < -0.39 is 29.3 Å². The Kier molecular flexibility index (Phi) is 6.95. The molecule has 4 aromatic rings. The van der Waals surface area contributed by atoms with Crippen molar-refractivity contribution in [3.8, 4) is 11.5 Å². The Morgan fingerprint density at radius 3 is 2.52 bits per heavy atom. The SMILES string of the molecule is O=C1C(=O)N(c2nnc(SCc3ccc(F)cc3)s2)[C@@H](c2ccccc2F)C1=C(O)c1ccc2c(c1)OCCO2. The predicted octanol–water partition coefficient (Wildman–Crippen LogP) is 5.51. The Labute approximate surface area is 234 Å². The smallest absolute Gasteiger partial charge is 0.301 e. The molecule has 40 heavy (non-hydrogen) atoms. The number of aliphatic hydroxyl groups excluding tert-OH is 1. The van der Waals surface area contributed by atoms with Crippen molar-refractivity contribution in [2.75, 3.05) is 18.1 Å². The normalized spacial score (nSPS) is 17.9. The van der Waals surface area contributed by atoms with Crippen molar-refractivity contribution in [1.29, 1.82) is 0 Å². The lowest BCUT2D eigenvalue weighted by Crippen LogP contribution is -2.29. The van der Waals surface area contributed by atoms with Gasteiger partial charge in [0.2, 0.25) is 5.13 Å². The number of anilines is 1. The number of rotatable bonds is 6. The summed E-state index contributed by atoms with van der Waals surface area (Å²) in [7, 11) is 0. The fourth-order valence-corrected chi connectivity index (χ4v) is 6.27. The lowest BCUT2D eigenvalue weighted by atomic mass is 9.95. The first-order valence-electron chi connectivity index (χ1n) is 12.1. The van der Waals surface area contributed by atoms with E-state index in [2.05, 4.69) is 10.2 Å². The average Bonchev–Trinajstić information content (AvgIpc) is 3.54. The third kappa shape index (κ3) is 4.80. The van der Waals surface area contributed by atoms with Gasteiger partial charge in [-0.15, -0.1) is 10.2 Å². The highest BCUT2D eigenvalue weighted by Gasteiger charge is 2.49. The summed E-state index contributed by atoms with van der Waals surface area (Å²) in [5.74, 6) is -2.13. The number of carbonyl (C=O) groups is 2. The second kappa shape index (κ2) is 10.7. The number of hydrogen-bond donors (Lipinski definition) is 1. The van der Waals surface area contributed by atoms with Crippen LogP contribution in [0.1, 0.15) is 22.7 Å². The van der Waals surface area contributed by atoms with Crippen LogP contribution in [0.15, 0.2) is 76.6 Å². The van der Waals surface area contributed by atoms with Gasteiger partial charge in [-0.1, -0.05) is 53.4 Å². The number of halogens is 2. The zero-order chi connectivity index (χ0) is 27.8. The number of aromatic nitrogens is 2. The largest absolute Gasteiger partial charge is 0.507 e. The molecule has 1 saturated heterocycles. The number of benzene rings is 3. The van der Waals surface area contributed by atoms with E-state index in [0.717, 1.165) is 21.8 Å². The summed E-state index contributed by atoms with van der Waals surface area (Å²) >= 11 is 2.36. The minimum absolute atomic E-state index is 0.0107. The third-order valence-electron chi connectivity index (χ3n) is 6.34. The van der Waals surface area contributed by atoms with Crippen molar-refractivity contribution in [2.45, 2.75) is 16.1 Å². The maximum Gasteiger partial charge on any atom is 0.301 e. The van der Waals surface area contributed by atoms with Crippen LogP contribution in [0.2, 0.25) is 0 Å². The Morgan fingerprint density at radius 1 is 1.00 bits per heavy atom. The number of carbonyl (C=O) groups excluding carboxylic acids is 2. The molecule has 0 unspecified atom stereocenters. The number of amides is 1. The van der Waals surface area contributed by atoms with Gasteiger partial charge in [0.25, 0.3) is 5.78 Å². The summed E-state index contributed by atoms with van der Waals surface area (Å²) in [5.41, 5.74) is 0.782. The maximum atomic E-state index is 15.1. The second-order valence-electron chi connectivity index (χ2n) is 8.81. The van der Waals surface area contributed by atoms with Gasteiger partial charge in [-0.2, -0.15) is 0 Å². The van der Waals surface area contributed by atoms with Gasteiger partial charge in [0.1, 0.15) is 36.6 Å². The molecule has 2 aliphatic rings. The topological polar surface area (TPSA) is 102 Å². The fraction of sp³-hybridized carbons (Fsp3) is 0.143. The van der Waals surface area contributed by atoms with E-state index in [1.165, 1.54) is 54.2 Å². The zero-order valence-electron chi connectivity index (χ0n) is 20.5. The Hall–Kier alpha value is -4.29. The Balaban J connectivity index is 1.39. The minimum atomic E-state index is -1.29. The molecule has 0 spiro atoms. The van der Waals surface area contributed by atoms with Crippen LogP contribution in [-0.2, 0) is 15.3 Å². The number of ether oxygens (including phenoxy) is 2. The maximum absolute atomic E-state index is 15.1. The van der Waals surface area contributed by atoms with Crippen LogP contribution >= 0.6 is 23.1 Å². The molecule has 0 aliphatic carbocycles. The first-order chi connectivity index (χ1) is 19.4. The summed E-state index contributed by atoms with van der Waals surface area (Å²) in [6.45, 7) is 0.693. The van der Waals surface area contributed by atoms with E-state index in [0.29, 0.717) is 34.8 Å². The highest BCUT2D eigenvalue weighted by molar-refractivity contribution is 8.00. The molecule has 6 rings (SSSR count). The van der Waals surface area contributed by atoms with Crippen molar-refractivity contribution >= 4 is 45.7 Å². The van der Waals surface area contributed by atoms with Crippen molar-refractivity contribution in [2.24, 2.45) is 0 Å². The van der Waals surface area contributed by atoms with Crippen molar-refractivity contribution < 1.29 is 33.0 Å². The monoisotopic (exact) mass is 579 g/mol. The molecule has 2 aliphatic heterocycles. The summed E-state index contributed by atoms with van der Waals surface area (Å²) in [5, 5.41) is 19.6. The molecular formula is C28H19F2N3O5S2. The van der Waals surface area contributed by atoms with Gasteiger partial charge < -0.3 is 14.6 Å². The quantitative estimate of drug-likeness (QED) is 0.105. The number of thioether (sulfide) groups is 1. The lowest BCUT2D eigenvalue weighted by molar-refractivity contribution is -0.132. The van der Waals surface area contributed by atoms with Crippen molar-refractivity contribution in [3.05, 3.63) is 101 Å². The van der Waals surface area contributed by atoms with Crippen LogP contribution in [-0.4, -0.2) is 40.2 Å². The van der Waals surface area contributed by atoms with Crippen molar-refractivity contribution in [1.82, 2.24) is 10.2 Å². The van der Waals surface area contributed by atoms with Crippen LogP contribution in [0.4, 0.5) is 13.9 Å². The molecule has 1 aromatic heterocycles.